The summed E-state index contributed by atoms with van der Waals surface area (Å²) in [7, 11) is 0. The van der Waals surface area contributed by atoms with Gasteiger partial charge in [0.15, 0.2) is 0 Å². The van der Waals surface area contributed by atoms with Gasteiger partial charge in [-0.2, -0.15) is 0 Å². The normalized spacial score (nSPS) is 14.2. The number of hydrogen-bond acceptors (Lipinski definition) is 3. The van der Waals surface area contributed by atoms with E-state index < -0.39 is 0 Å². The van der Waals surface area contributed by atoms with Gasteiger partial charge in [-0.1, -0.05) is 42.5 Å². The largest absolute Gasteiger partial charge is 0.345 e. The molecule has 0 bridgehead atoms. The summed E-state index contributed by atoms with van der Waals surface area (Å²) in [6, 6.07) is 23.4. The lowest BCUT2D eigenvalue weighted by atomic mass is 10.1. The number of anilines is 2. The van der Waals surface area contributed by atoms with Crippen LogP contribution in [-0.2, 0) is 4.79 Å². The highest BCUT2D eigenvalue weighted by Gasteiger charge is 2.22. The van der Waals surface area contributed by atoms with Crippen LogP contribution in [0.4, 0.5) is 11.4 Å². The maximum absolute atomic E-state index is 12.9. The third-order valence-corrected chi connectivity index (χ3v) is 5.58. The van der Waals surface area contributed by atoms with Gasteiger partial charge in [-0.15, -0.1) is 0 Å². The van der Waals surface area contributed by atoms with Crippen LogP contribution in [0.15, 0.2) is 78.9 Å². The molecule has 0 unspecified atom stereocenters. The Balaban J connectivity index is 1.46. The topological polar surface area (TPSA) is 78.5 Å². The number of carbonyl (C=O) groups is 3. The molecule has 162 valence electrons. The van der Waals surface area contributed by atoms with Crippen molar-refractivity contribution < 1.29 is 14.4 Å². The highest BCUT2D eigenvalue weighted by Crippen LogP contribution is 2.23. The molecule has 1 aliphatic rings. The predicted octanol–water partition coefficient (Wildman–Crippen LogP) is 4.56. The van der Waals surface area contributed by atoms with Gasteiger partial charge in [0.2, 0.25) is 5.91 Å². The van der Waals surface area contributed by atoms with Gasteiger partial charge in [0.1, 0.15) is 0 Å². The van der Waals surface area contributed by atoms with E-state index in [1.807, 2.05) is 37.3 Å². The average molecular weight is 428 g/mol. The summed E-state index contributed by atoms with van der Waals surface area (Å²) >= 11 is 0. The minimum atomic E-state index is -0.319. The van der Waals surface area contributed by atoms with E-state index in [2.05, 4.69) is 10.6 Å². The van der Waals surface area contributed by atoms with Crippen molar-refractivity contribution in [2.75, 3.05) is 16.8 Å². The van der Waals surface area contributed by atoms with Crippen LogP contribution >= 0.6 is 0 Å². The van der Waals surface area contributed by atoms with Crippen LogP contribution in [0.5, 0.6) is 0 Å². The Morgan fingerprint density at radius 1 is 0.875 bits per heavy atom. The Labute approximate surface area is 187 Å². The van der Waals surface area contributed by atoms with Crippen molar-refractivity contribution >= 4 is 29.1 Å². The number of amides is 3. The Morgan fingerprint density at radius 2 is 1.56 bits per heavy atom. The van der Waals surface area contributed by atoms with E-state index in [1.165, 1.54) is 0 Å². The molecule has 6 nitrogen and oxygen atoms in total. The molecule has 3 amide bonds. The maximum atomic E-state index is 12.9. The molecule has 1 aliphatic heterocycles. The highest BCUT2D eigenvalue weighted by molar-refractivity contribution is 6.09. The van der Waals surface area contributed by atoms with Crippen LogP contribution in [0.25, 0.3) is 0 Å². The first-order valence-electron chi connectivity index (χ1n) is 10.7. The first kappa shape index (κ1) is 21.3. The lowest BCUT2D eigenvalue weighted by Gasteiger charge is -2.17. The van der Waals surface area contributed by atoms with Gasteiger partial charge in [0.25, 0.3) is 11.8 Å². The molecule has 0 saturated carbocycles. The van der Waals surface area contributed by atoms with Crippen LogP contribution in [-0.4, -0.2) is 24.3 Å². The minimum Gasteiger partial charge on any atom is -0.345 e. The van der Waals surface area contributed by atoms with Gasteiger partial charge in [0, 0.05) is 24.2 Å². The molecule has 32 heavy (non-hydrogen) atoms. The number of nitrogens with one attached hydrogen (secondary N) is 2. The van der Waals surface area contributed by atoms with Crippen molar-refractivity contribution in [2.45, 2.75) is 25.8 Å². The fourth-order valence-corrected chi connectivity index (χ4v) is 3.80. The van der Waals surface area contributed by atoms with Gasteiger partial charge in [-0.05, 0) is 55.3 Å². The fraction of sp³-hybridized carbons (Fsp3) is 0.192. The molecule has 0 aliphatic carbocycles. The molecule has 2 N–H and O–H groups in total. The number of rotatable bonds is 6. The second-order valence-electron chi connectivity index (χ2n) is 7.80. The van der Waals surface area contributed by atoms with Gasteiger partial charge >= 0.3 is 0 Å². The number of nitrogens with zero attached hydrogens (tertiary/aromatic N) is 1. The third-order valence-electron chi connectivity index (χ3n) is 5.58. The van der Waals surface area contributed by atoms with Crippen LogP contribution < -0.4 is 15.5 Å². The van der Waals surface area contributed by atoms with Gasteiger partial charge in [0.05, 0.1) is 17.3 Å². The third kappa shape index (κ3) is 4.70. The molecule has 0 aromatic heterocycles. The summed E-state index contributed by atoms with van der Waals surface area (Å²) in [6.45, 7) is 2.62. The summed E-state index contributed by atoms with van der Waals surface area (Å²) in [5.74, 6) is -0.479. The van der Waals surface area contributed by atoms with E-state index in [0.717, 1.165) is 17.7 Å². The SMILES string of the molecule is C[C@@H](NC(=O)c1ccccc1NC(=O)c1ccc(N2CCCC2=O)cc1)c1ccccc1. The molecular weight excluding hydrogens is 402 g/mol. The van der Waals surface area contributed by atoms with Crippen LogP contribution in [0, 0.1) is 0 Å². The van der Waals surface area contributed by atoms with Crippen molar-refractivity contribution in [1.29, 1.82) is 0 Å². The van der Waals surface area contributed by atoms with Crippen molar-refractivity contribution in [1.82, 2.24) is 5.32 Å². The molecule has 1 fully saturated rings. The molecule has 0 spiro atoms. The Hall–Kier alpha value is -3.93. The van der Waals surface area contributed by atoms with Gasteiger partial charge in [-0.25, -0.2) is 0 Å². The number of para-hydroxylation sites is 1. The molecule has 1 heterocycles. The summed E-state index contributed by atoms with van der Waals surface area (Å²) in [6.07, 6.45) is 1.41. The standard InChI is InChI=1S/C26H25N3O3/c1-18(19-8-3-2-4-9-19)27-26(32)22-10-5-6-11-23(22)28-25(31)20-13-15-21(16-14-20)29-17-7-12-24(29)30/h2-6,8-11,13-16,18H,7,12,17H2,1H3,(H,27,32)(H,28,31)/t18-/m1/s1. The number of benzene rings is 3. The van der Waals surface area contributed by atoms with Crippen LogP contribution in [0.1, 0.15) is 52.1 Å². The summed E-state index contributed by atoms with van der Waals surface area (Å²) in [4.78, 5) is 39.3. The number of carbonyl (C=O) groups excluding carboxylic acids is 3. The average Bonchev–Trinajstić information content (AvgIpc) is 3.25. The van der Waals surface area contributed by atoms with Crippen LogP contribution in [0.3, 0.4) is 0 Å². The molecule has 4 rings (SSSR count). The minimum absolute atomic E-state index is 0.104. The Morgan fingerprint density at radius 3 is 2.25 bits per heavy atom. The monoisotopic (exact) mass is 427 g/mol. The second kappa shape index (κ2) is 9.47. The van der Waals surface area contributed by atoms with E-state index >= 15 is 0 Å². The maximum Gasteiger partial charge on any atom is 0.255 e. The van der Waals surface area contributed by atoms with E-state index in [0.29, 0.717) is 29.8 Å². The second-order valence-corrected chi connectivity index (χ2v) is 7.80. The lowest BCUT2D eigenvalue weighted by Crippen LogP contribution is -2.28. The van der Waals surface area contributed by atoms with Crippen molar-refractivity contribution in [3.8, 4) is 0 Å². The molecule has 1 atom stereocenters. The lowest BCUT2D eigenvalue weighted by molar-refractivity contribution is -0.117. The molecule has 6 heteroatoms. The quantitative estimate of drug-likeness (QED) is 0.605. The van der Waals surface area contributed by atoms with E-state index in [4.69, 9.17) is 0 Å². The van der Waals surface area contributed by atoms with Crippen molar-refractivity contribution in [3.63, 3.8) is 0 Å². The summed E-state index contributed by atoms with van der Waals surface area (Å²) in [5, 5.41) is 5.82. The Kier molecular flexibility index (Phi) is 6.31. The first-order valence-corrected chi connectivity index (χ1v) is 10.7. The molecule has 3 aromatic carbocycles. The number of hydrogen-bond donors (Lipinski definition) is 2. The highest BCUT2D eigenvalue weighted by atomic mass is 16.2. The first-order chi connectivity index (χ1) is 15.5. The predicted molar refractivity (Wildman–Crippen MR) is 125 cm³/mol. The molecule has 0 radical (unpaired) electrons. The van der Waals surface area contributed by atoms with Crippen molar-refractivity contribution in [2.24, 2.45) is 0 Å². The fourth-order valence-electron chi connectivity index (χ4n) is 3.80. The van der Waals surface area contributed by atoms with E-state index in [1.54, 1.807) is 53.4 Å². The summed E-state index contributed by atoms with van der Waals surface area (Å²) in [5.41, 5.74) is 3.07. The zero-order chi connectivity index (χ0) is 22.5. The van der Waals surface area contributed by atoms with E-state index in [9.17, 15) is 14.4 Å². The van der Waals surface area contributed by atoms with Crippen molar-refractivity contribution in [3.05, 3.63) is 95.6 Å². The smallest absolute Gasteiger partial charge is 0.255 e. The van der Waals surface area contributed by atoms with Crippen LogP contribution in [0.2, 0.25) is 0 Å². The molecular formula is C26H25N3O3. The Bertz CT molecular complexity index is 1130. The molecule has 1 saturated heterocycles. The zero-order valence-electron chi connectivity index (χ0n) is 17.9. The van der Waals surface area contributed by atoms with Gasteiger partial charge < -0.3 is 15.5 Å². The van der Waals surface area contributed by atoms with E-state index in [-0.39, 0.29) is 23.8 Å². The zero-order valence-corrected chi connectivity index (χ0v) is 17.9. The molecule has 3 aromatic rings. The summed E-state index contributed by atoms with van der Waals surface area (Å²) < 4.78 is 0. The van der Waals surface area contributed by atoms with Gasteiger partial charge in [-0.3, -0.25) is 14.4 Å².